The molecule has 0 saturated heterocycles. The number of rotatable bonds is 6. The summed E-state index contributed by atoms with van der Waals surface area (Å²) in [6, 6.07) is 23.0. The van der Waals surface area contributed by atoms with E-state index in [1.54, 1.807) is 4.68 Å². The van der Waals surface area contributed by atoms with Gasteiger partial charge in [0, 0.05) is 11.3 Å². The van der Waals surface area contributed by atoms with Crippen LogP contribution in [0.1, 0.15) is 27.3 Å². The number of nitrogens with zero attached hydrogens (tertiary/aromatic N) is 3. The molecule has 0 aliphatic heterocycles. The summed E-state index contributed by atoms with van der Waals surface area (Å²) >= 11 is 0. The summed E-state index contributed by atoms with van der Waals surface area (Å²) in [5, 5.41) is 9.92. The Morgan fingerprint density at radius 2 is 1.48 bits per heavy atom. The molecule has 1 aromatic heterocycles. The standard InChI is InChI=1S/C26H25N5O2/c1-17-14-18(2)23(19(3)15-17)28-22(32)16-27-26(33)24-29-25(20-10-6-4-7-11-20)31(30-24)21-12-8-5-9-13-21/h4-15H,16H2,1-3H3,(H,27,33)(H,28,32). The first-order valence-electron chi connectivity index (χ1n) is 10.7. The molecule has 0 spiro atoms. The molecule has 0 radical (unpaired) electrons. The average molecular weight is 440 g/mol. The van der Waals surface area contributed by atoms with Crippen molar-refractivity contribution in [2.45, 2.75) is 20.8 Å². The molecule has 0 aliphatic rings. The average Bonchev–Trinajstić information content (AvgIpc) is 3.27. The Kier molecular flexibility index (Phi) is 6.31. The Bertz CT molecular complexity index is 1220. The van der Waals surface area contributed by atoms with Crippen LogP contribution < -0.4 is 10.6 Å². The van der Waals surface area contributed by atoms with Gasteiger partial charge in [-0.25, -0.2) is 9.67 Å². The minimum atomic E-state index is -0.519. The van der Waals surface area contributed by atoms with E-state index in [-0.39, 0.29) is 18.3 Å². The summed E-state index contributed by atoms with van der Waals surface area (Å²) in [5.41, 5.74) is 5.45. The molecule has 0 atom stereocenters. The third kappa shape index (κ3) is 4.98. The van der Waals surface area contributed by atoms with E-state index in [4.69, 9.17) is 0 Å². The molecule has 0 saturated carbocycles. The molecule has 2 amide bonds. The van der Waals surface area contributed by atoms with Crippen LogP contribution in [-0.4, -0.2) is 33.1 Å². The Labute approximate surface area is 192 Å². The van der Waals surface area contributed by atoms with Gasteiger partial charge in [0.2, 0.25) is 11.7 Å². The lowest BCUT2D eigenvalue weighted by molar-refractivity contribution is -0.115. The van der Waals surface area contributed by atoms with E-state index in [1.807, 2.05) is 93.6 Å². The largest absolute Gasteiger partial charge is 0.340 e. The van der Waals surface area contributed by atoms with Crippen molar-refractivity contribution in [2.75, 3.05) is 11.9 Å². The molecule has 7 heteroatoms. The minimum Gasteiger partial charge on any atom is -0.340 e. The maximum absolute atomic E-state index is 12.8. The smallest absolute Gasteiger partial charge is 0.291 e. The fourth-order valence-electron chi connectivity index (χ4n) is 3.73. The fourth-order valence-corrected chi connectivity index (χ4v) is 3.73. The number of hydrogen-bond donors (Lipinski definition) is 2. The van der Waals surface area contributed by atoms with E-state index in [0.29, 0.717) is 5.82 Å². The maximum atomic E-state index is 12.8. The number of aromatic nitrogens is 3. The molecule has 0 unspecified atom stereocenters. The van der Waals surface area contributed by atoms with Crippen LogP contribution in [0.25, 0.3) is 17.1 Å². The highest BCUT2D eigenvalue weighted by molar-refractivity contribution is 5.98. The van der Waals surface area contributed by atoms with Crippen LogP contribution in [0.5, 0.6) is 0 Å². The molecule has 4 rings (SSSR count). The number of carbonyl (C=O) groups excluding carboxylic acids is 2. The van der Waals surface area contributed by atoms with E-state index in [1.165, 1.54) is 0 Å². The molecular formula is C26H25N5O2. The van der Waals surface area contributed by atoms with Crippen molar-refractivity contribution in [3.63, 3.8) is 0 Å². The van der Waals surface area contributed by atoms with Crippen molar-refractivity contribution in [1.29, 1.82) is 0 Å². The first kappa shape index (κ1) is 22.0. The Morgan fingerprint density at radius 1 is 0.879 bits per heavy atom. The summed E-state index contributed by atoms with van der Waals surface area (Å²) < 4.78 is 1.63. The zero-order valence-electron chi connectivity index (χ0n) is 18.8. The van der Waals surface area contributed by atoms with Crippen molar-refractivity contribution in [3.05, 3.63) is 95.3 Å². The van der Waals surface area contributed by atoms with Gasteiger partial charge in [-0.3, -0.25) is 9.59 Å². The third-order valence-electron chi connectivity index (χ3n) is 5.19. The van der Waals surface area contributed by atoms with Gasteiger partial charge in [-0.05, 0) is 44.0 Å². The summed E-state index contributed by atoms with van der Waals surface area (Å²) in [6.45, 7) is 5.71. The Balaban J connectivity index is 1.52. The van der Waals surface area contributed by atoms with Gasteiger partial charge in [-0.2, -0.15) is 0 Å². The second-order valence-corrected chi connectivity index (χ2v) is 7.88. The van der Waals surface area contributed by atoms with Gasteiger partial charge in [-0.1, -0.05) is 66.2 Å². The van der Waals surface area contributed by atoms with Crippen LogP contribution in [-0.2, 0) is 4.79 Å². The topological polar surface area (TPSA) is 88.9 Å². The van der Waals surface area contributed by atoms with Gasteiger partial charge in [0.1, 0.15) is 0 Å². The molecule has 2 N–H and O–H groups in total. The van der Waals surface area contributed by atoms with Gasteiger partial charge >= 0.3 is 0 Å². The molecule has 4 aromatic rings. The van der Waals surface area contributed by atoms with Crippen LogP contribution in [0.4, 0.5) is 5.69 Å². The van der Waals surface area contributed by atoms with Crippen LogP contribution in [0.3, 0.4) is 0 Å². The molecule has 0 fully saturated rings. The zero-order valence-corrected chi connectivity index (χ0v) is 18.8. The highest BCUT2D eigenvalue weighted by Crippen LogP contribution is 2.22. The predicted molar refractivity (Wildman–Crippen MR) is 128 cm³/mol. The lowest BCUT2D eigenvalue weighted by Gasteiger charge is -2.13. The number of hydrogen-bond acceptors (Lipinski definition) is 4. The van der Waals surface area contributed by atoms with E-state index in [2.05, 4.69) is 20.7 Å². The summed E-state index contributed by atoms with van der Waals surface area (Å²) in [7, 11) is 0. The van der Waals surface area contributed by atoms with Crippen molar-refractivity contribution >= 4 is 17.5 Å². The van der Waals surface area contributed by atoms with Gasteiger partial charge in [-0.15, -0.1) is 5.10 Å². The van der Waals surface area contributed by atoms with Crippen LogP contribution in [0.2, 0.25) is 0 Å². The highest BCUT2D eigenvalue weighted by atomic mass is 16.2. The number of nitrogens with one attached hydrogen (secondary N) is 2. The molecule has 7 nitrogen and oxygen atoms in total. The molecule has 0 bridgehead atoms. The maximum Gasteiger partial charge on any atom is 0.291 e. The fraction of sp³-hybridized carbons (Fsp3) is 0.154. The minimum absolute atomic E-state index is 0.00629. The van der Waals surface area contributed by atoms with Crippen LogP contribution >= 0.6 is 0 Å². The zero-order chi connectivity index (χ0) is 23.4. The van der Waals surface area contributed by atoms with E-state index in [0.717, 1.165) is 33.6 Å². The molecule has 0 aliphatic carbocycles. The van der Waals surface area contributed by atoms with Crippen molar-refractivity contribution in [3.8, 4) is 17.1 Å². The van der Waals surface area contributed by atoms with Crippen molar-refractivity contribution in [1.82, 2.24) is 20.1 Å². The molecule has 166 valence electrons. The summed E-state index contributed by atoms with van der Waals surface area (Å²) in [6.07, 6.45) is 0. The van der Waals surface area contributed by atoms with Crippen LogP contribution in [0, 0.1) is 20.8 Å². The van der Waals surface area contributed by atoms with Gasteiger partial charge in [0.15, 0.2) is 5.82 Å². The molecule has 3 aromatic carbocycles. The lowest BCUT2D eigenvalue weighted by Crippen LogP contribution is -2.33. The normalized spacial score (nSPS) is 10.6. The van der Waals surface area contributed by atoms with Crippen molar-refractivity contribution < 1.29 is 9.59 Å². The van der Waals surface area contributed by atoms with Gasteiger partial charge in [0.05, 0.1) is 12.2 Å². The number of carbonyl (C=O) groups is 2. The number of aryl methyl sites for hydroxylation is 3. The van der Waals surface area contributed by atoms with E-state index in [9.17, 15) is 9.59 Å². The molecular weight excluding hydrogens is 414 g/mol. The number of amides is 2. The SMILES string of the molecule is Cc1cc(C)c(NC(=O)CNC(=O)c2nc(-c3ccccc3)n(-c3ccccc3)n2)c(C)c1. The Hall–Kier alpha value is -4.26. The summed E-state index contributed by atoms with van der Waals surface area (Å²) in [4.78, 5) is 29.7. The molecule has 1 heterocycles. The first-order chi connectivity index (χ1) is 15.9. The number of para-hydroxylation sites is 1. The molecule has 33 heavy (non-hydrogen) atoms. The predicted octanol–water partition coefficient (Wildman–Crippen LogP) is 4.23. The lowest BCUT2D eigenvalue weighted by atomic mass is 10.1. The highest BCUT2D eigenvalue weighted by Gasteiger charge is 2.19. The van der Waals surface area contributed by atoms with E-state index < -0.39 is 5.91 Å². The van der Waals surface area contributed by atoms with E-state index >= 15 is 0 Å². The monoisotopic (exact) mass is 439 g/mol. The van der Waals surface area contributed by atoms with Gasteiger partial charge in [0.25, 0.3) is 5.91 Å². The Morgan fingerprint density at radius 3 is 2.12 bits per heavy atom. The number of benzene rings is 3. The second-order valence-electron chi connectivity index (χ2n) is 7.88. The third-order valence-corrected chi connectivity index (χ3v) is 5.19. The van der Waals surface area contributed by atoms with Gasteiger partial charge < -0.3 is 10.6 Å². The van der Waals surface area contributed by atoms with Crippen molar-refractivity contribution in [2.24, 2.45) is 0 Å². The summed E-state index contributed by atoms with van der Waals surface area (Å²) in [5.74, 6) is -0.297. The second kappa shape index (κ2) is 9.48. The number of anilines is 1. The van der Waals surface area contributed by atoms with Crippen LogP contribution in [0.15, 0.2) is 72.8 Å². The first-order valence-corrected chi connectivity index (χ1v) is 10.7. The quantitative estimate of drug-likeness (QED) is 0.471.